The van der Waals surface area contributed by atoms with E-state index >= 15 is 0 Å². The minimum absolute atomic E-state index is 0.0853. The van der Waals surface area contributed by atoms with Crippen LogP contribution in [0.4, 0.5) is 5.69 Å². The zero-order valence-corrected chi connectivity index (χ0v) is 9.96. The van der Waals surface area contributed by atoms with E-state index in [0.29, 0.717) is 12.5 Å². The molecule has 6 heteroatoms. The summed E-state index contributed by atoms with van der Waals surface area (Å²) in [5.41, 5.74) is 6.46. The molecule has 0 aromatic carbocycles. The Bertz CT molecular complexity index is 404. The van der Waals surface area contributed by atoms with E-state index < -0.39 is 0 Å². The molecule has 2 N–H and O–H groups in total. The van der Waals surface area contributed by atoms with Crippen LogP contribution in [0.15, 0.2) is 23.3 Å². The van der Waals surface area contributed by atoms with Crippen LogP contribution in [0.1, 0.15) is 0 Å². The van der Waals surface area contributed by atoms with E-state index in [9.17, 15) is 0 Å². The second-order valence-electron chi connectivity index (χ2n) is 3.87. The number of hydrogen-bond donors (Lipinski definition) is 1. The molecule has 2 rings (SSSR count). The molecule has 0 bridgehead atoms. The molecule has 1 aliphatic heterocycles. The van der Waals surface area contributed by atoms with Crippen LogP contribution in [0.3, 0.4) is 0 Å². The molecule has 17 heavy (non-hydrogen) atoms. The predicted octanol–water partition coefficient (Wildman–Crippen LogP) is 0.240. The zero-order valence-electron chi connectivity index (χ0n) is 9.96. The van der Waals surface area contributed by atoms with Crippen molar-refractivity contribution < 1.29 is 9.47 Å². The summed E-state index contributed by atoms with van der Waals surface area (Å²) in [6.07, 6.45) is 1.77. The third-order valence-corrected chi connectivity index (χ3v) is 2.59. The van der Waals surface area contributed by atoms with Crippen LogP contribution >= 0.6 is 0 Å². The summed E-state index contributed by atoms with van der Waals surface area (Å²) in [5.74, 6) is 0.605. The SMILES string of the molecule is COc1ccc(N(C)CC2COC(N)=N2)cn1. The molecule has 1 unspecified atom stereocenters. The fraction of sp³-hybridized carbons (Fsp3) is 0.455. The Balaban J connectivity index is 1.97. The average molecular weight is 236 g/mol. The number of amidine groups is 1. The third kappa shape index (κ3) is 2.77. The first-order valence-electron chi connectivity index (χ1n) is 5.36. The Kier molecular flexibility index (Phi) is 3.32. The van der Waals surface area contributed by atoms with E-state index in [2.05, 4.69) is 14.9 Å². The zero-order chi connectivity index (χ0) is 12.3. The number of aromatic nitrogens is 1. The monoisotopic (exact) mass is 236 g/mol. The molecule has 0 spiro atoms. The highest BCUT2D eigenvalue weighted by Crippen LogP contribution is 2.16. The summed E-state index contributed by atoms with van der Waals surface area (Å²) in [4.78, 5) is 10.4. The maximum atomic E-state index is 5.46. The first kappa shape index (κ1) is 11.5. The van der Waals surface area contributed by atoms with E-state index in [-0.39, 0.29) is 12.1 Å². The van der Waals surface area contributed by atoms with Crippen LogP contribution in [-0.4, -0.2) is 44.4 Å². The molecule has 1 atom stereocenters. The van der Waals surface area contributed by atoms with Gasteiger partial charge in [-0.1, -0.05) is 0 Å². The van der Waals surface area contributed by atoms with E-state index in [0.717, 1.165) is 12.2 Å². The van der Waals surface area contributed by atoms with Gasteiger partial charge in [0.05, 0.1) is 19.0 Å². The first-order chi connectivity index (χ1) is 8.19. The number of anilines is 1. The summed E-state index contributed by atoms with van der Waals surface area (Å²) in [6, 6.07) is 4.14. The molecule has 6 nitrogen and oxygen atoms in total. The number of nitrogens with two attached hydrogens (primary N) is 1. The summed E-state index contributed by atoms with van der Waals surface area (Å²) in [7, 11) is 3.58. The molecule has 1 aromatic rings. The average Bonchev–Trinajstić information content (AvgIpc) is 2.75. The number of aliphatic imine (C=N–C) groups is 1. The molecule has 92 valence electrons. The standard InChI is InChI=1S/C11H16N4O2/c1-15(6-8-7-17-11(12)14-8)9-3-4-10(16-2)13-5-9/h3-5,8H,6-7H2,1-2H3,(H2,12,14). The third-order valence-electron chi connectivity index (χ3n) is 2.59. The fourth-order valence-corrected chi connectivity index (χ4v) is 1.67. The Morgan fingerprint density at radius 1 is 1.59 bits per heavy atom. The molecular weight excluding hydrogens is 220 g/mol. The van der Waals surface area contributed by atoms with Crippen molar-refractivity contribution in [1.82, 2.24) is 4.98 Å². The number of pyridine rings is 1. The largest absolute Gasteiger partial charge is 0.481 e. The molecule has 1 aliphatic rings. The van der Waals surface area contributed by atoms with Gasteiger partial charge in [0, 0.05) is 19.7 Å². The van der Waals surface area contributed by atoms with Gasteiger partial charge in [-0.3, -0.25) is 0 Å². The van der Waals surface area contributed by atoms with Gasteiger partial charge in [-0.2, -0.15) is 0 Å². The Morgan fingerprint density at radius 3 is 2.94 bits per heavy atom. The van der Waals surface area contributed by atoms with Gasteiger partial charge in [0.1, 0.15) is 12.6 Å². The molecule has 0 aliphatic carbocycles. The molecule has 2 heterocycles. The minimum atomic E-state index is 0.0853. The van der Waals surface area contributed by atoms with Gasteiger partial charge in [-0.25, -0.2) is 9.98 Å². The summed E-state index contributed by atoms with van der Waals surface area (Å²) in [6.45, 7) is 1.29. The molecule has 0 saturated heterocycles. The number of methoxy groups -OCH3 is 1. The molecule has 0 saturated carbocycles. The number of hydrogen-bond acceptors (Lipinski definition) is 6. The van der Waals surface area contributed by atoms with Crippen molar-refractivity contribution in [3.63, 3.8) is 0 Å². The van der Waals surface area contributed by atoms with Crippen LogP contribution in [0.5, 0.6) is 5.88 Å². The lowest BCUT2D eigenvalue weighted by Crippen LogP contribution is -2.28. The highest BCUT2D eigenvalue weighted by Gasteiger charge is 2.18. The van der Waals surface area contributed by atoms with Crippen molar-refractivity contribution in [2.45, 2.75) is 6.04 Å². The smallest absolute Gasteiger partial charge is 0.282 e. The van der Waals surface area contributed by atoms with Crippen molar-refractivity contribution in [2.75, 3.05) is 32.2 Å². The number of ether oxygens (including phenoxy) is 2. The second kappa shape index (κ2) is 4.90. The lowest BCUT2D eigenvalue weighted by atomic mass is 10.3. The lowest BCUT2D eigenvalue weighted by molar-refractivity contribution is 0.314. The van der Waals surface area contributed by atoms with Gasteiger partial charge in [0.15, 0.2) is 0 Å². The van der Waals surface area contributed by atoms with Crippen LogP contribution in [-0.2, 0) is 4.74 Å². The normalized spacial score (nSPS) is 18.5. The first-order valence-corrected chi connectivity index (χ1v) is 5.36. The number of rotatable bonds is 4. The van der Waals surface area contributed by atoms with Crippen LogP contribution in [0, 0.1) is 0 Å². The summed E-state index contributed by atoms with van der Waals surface area (Å²) in [5, 5.41) is 0. The summed E-state index contributed by atoms with van der Waals surface area (Å²) >= 11 is 0. The topological polar surface area (TPSA) is 73.0 Å². The van der Waals surface area contributed by atoms with Gasteiger partial charge in [-0.05, 0) is 6.07 Å². The van der Waals surface area contributed by atoms with E-state index in [1.807, 2.05) is 19.2 Å². The quantitative estimate of drug-likeness (QED) is 0.810. The van der Waals surface area contributed by atoms with Crippen LogP contribution < -0.4 is 15.4 Å². The highest BCUT2D eigenvalue weighted by atomic mass is 16.5. The van der Waals surface area contributed by atoms with Crippen molar-refractivity contribution in [3.05, 3.63) is 18.3 Å². The maximum Gasteiger partial charge on any atom is 0.282 e. The van der Waals surface area contributed by atoms with E-state index in [1.165, 1.54) is 0 Å². The van der Waals surface area contributed by atoms with Gasteiger partial charge in [0.25, 0.3) is 6.02 Å². The Morgan fingerprint density at radius 2 is 2.41 bits per heavy atom. The molecule has 1 aromatic heterocycles. The van der Waals surface area contributed by atoms with Gasteiger partial charge in [0.2, 0.25) is 5.88 Å². The predicted molar refractivity (Wildman–Crippen MR) is 65.4 cm³/mol. The molecule has 0 radical (unpaired) electrons. The molecule has 0 amide bonds. The Labute approximate surface area is 100 Å². The lowest BCUT2D eigenvalue weighted by Gasteiger charge is -2.20. The minimum Gasteiger partial charge on any atom is -0.481 e. The van der Waals surface area contributed by atoms with Gasteiger partial charge >= 0.3 is 0 Å². The summed E-state index contributed by atoms with van der Waals surface area (Å²) < 4.78 is 10.1. The number of nitrogens with zero attached hydrogens (tertiary/aromatic N) is 3. The van der Waals surface area contributed by atoms with Crippen molar-refractivity contribution in [3.8, 4) is 5.88 Å². The maximum absolute atomic E-state index is 5.46. The number of likely N-dealkylation sites (N-methyl/N-ethyl adjacent to an activating group) is 1. The van der Waals surface area contributed by atoms with E-state index in [1.54, 1.807) is 13.3 Å². The highest BCUT2D eigenvalue weighted by molar-refractivity contribution is 5.73. The second-order valence-corrected chi connectivity index (χ2v) is 3.87. The molecule has 0 fully saturated rings. The molecular formula is C11H16N4O2. The Hall–Kier alpha value is -1.98. The fourth-order valence-electron chi connectivity index (χ4n) is 1.67. The van der Waals surface area contributed by atoms with Crippen LogP contribution in [0.25, 0.3) is 0 Å². The van der Waals surface area contributed by atoms with Crippen LogP contribution in [0.2, 0.25) is 0 Å². The van der Waals surface area contributed by atoms with Gasteiger partial charge < -0.3 is 20.1 Å². The van der Waals surface area contributed by atoms with Crippen molar-refractivity contribution in [1.29, 1.82) is 0 Å². The van der Waals surface area contributed by atoms with Gasteiger partial charge in [-0.15, -0.1) is 0 Å². The van der Waals surface area contributed by atoms with E-state index in [4.69, 9.17) is 15.2 Å². The van der Waals surface area contributed by atoms with Crippen molar-refractivity contribution in [2.24, 2.45) is 10.7 Å². The van der Waals surface area contributed by atoms with Crippen molar-refractivity contribution >= 4 is 11.7 Å².